The van der Waals surface area contributed by atoms with Gasteiger partial charge in [-0.15, -0.1) is 6.58 Å². The van der Waals surface area contributed by atoms with Crippen LogP contribution in [0.25, 0.3) is 0 Å². The summed E-state index contributed by atoms with van der Waals surface area (Å²) in [5, 5.41) is 18.6. The van der Waals surface area contributed by atoms with Gasteiger partial charge in [-0.1, -0.05) is 13.0 Å². The third-order valence-corrected chi connectivity index (χ3v) is 2.34. The summed E-state index contributed by atoms with van der Waals surface area (Å²) in [6.07, 6.45) is 2.72. The van der Waals surface area contributed by atoms with Crippen LogP contribution in [0.4, 0.5) is 0 Å². The number of allylic oxidation sites excluding steroid dienone is 1. The molecule has 0 radical (unpaired) electrons. The topological polar surface area (TPSA) is 57.5 Å². The van der Waals surface area contributed by atoms with Crippen molar-refractivity contribution < 1.29 is 15.0 Å². The van der Waals surface area contributed by atoms with Crippen LogP contribution in [0, 0.1) is 0 Å². The largest absolute Gasteiger partial charge is 0.508 e. The van der Waals surface area contributed by atoms with E-state index in [0.717, 1.165) is 0 Å². The van der Waals surface area contributed by atoms with Crippen LogP contribution in [0.1, 0.15) is 28.4 Å². The van der Waals surface area contributed by atoms with Gasteiger partial charge in [0, 0.05) is 5.56 Å². The first-order valence-electron chi connectivity index (χ1n) is 4.79. The Morgan fingerprint density at radius 3 is 2.60 bits per heavy atom. The molecule has 1 aromatic rings. The zero-order valence-electron chi connectivity index (χ0n) is 8.66. The molecule has 0 saturated heterocycles. The van der Waals surface area contributed by atoms with Crippen molar-refractivity contribution in [1.82, 2.24) is 0 Å². The molecule has 0 aromatic heterocycles. The van der Waals surface area contributed by atoms with E-state index < -0.39 is 5.97 Å². The molecule has 0 aliphatic rings. The molecule has 0 unspecified atom stereocenters. The van der Waals surface area contributed by atoms with Crippen LogP contribution in [-0.4, -0.2) is 16.2 Å². The van der Waals surface area contributed by atoms with E-state index in [1.165, 1.54) is 12.1 Å². The van der Waals surface area contributed by atoms with Gasteiger partial charge in [-0.2, -0.15) is 0 Å². The molecule has 0 aliphatic carbocycles. The van der Waals surface area contributed by atoms with E-state index >= 15 is 0 Å². The fraction of sp³-hybridized carbons (Fsp3) is 0.250. The Balaban J connectivity index is 3.39. The minimum Gasteiger partial charge on any atom is -0.508 e. The summed E-state index contributed by atoms with van der Waals surface area (Å²) < 4.78 is 0. The number of carboxylic acid groups (broad SMARTS) is 1. The minimum atomic E-state index is -0.961. The molecule has 80 valence electrons. The summed E-state index contributed by atoms with van der Waals surface area (Å²) in [7, 11) is 0. The number of phenols is 1. The number of aromatic hydroxyl groups is 1. The lowest BCUT2D eigenvalue weighted by atomic mass is 9.96. The van der Waals surface area contributed by atoms with Crippen LogP contribution in [0.2, 0.25) is 0 Å². The number of benzene rings is 1. The quantitative estimate of drug-likeness (QED) is 0.743. The Labute approximate surface area is 88.7 Å². The van der Waals surface area contributed by atoms with Crippen molar-refractivity contribution in [2.45, 2.75) is 19.8 Å². The molecule has 3 nitrogen and oxygen atoms in total. The van der Waals surface area contributed by atoms with Crippen LogP contribution in [0.3, 0.4) is 0 Å². The Bertz CT molecular complexity index is 394. The van der Waals surface area contributed by atoms with Gasteiger partial charge in [-0.25, -0.2) is 4.79 Å². The molecule has 2 N–H and O–H groups in total. The fourth-order valence-corrected chi connectivity index (χ4v) is 1.66. The first kappa shape index (κ1) is 11.3. The van der Waals surface area contributed by atoms with Gasteiger partial charge in [-0.05, 0) is 30.5 Å². The smallest absolute Gasteiger partial charge is 0.335 e. The second kappa shape index (κ2) is 4.64. The van der Waals surface area contributed by atoms with Crippen molar-refractivity contribution in [2.75, 3.05) is 0 Å². The molecule has 15 heavy (non-hydrogen) atoms. The third kappa shape index (κ3) is 2.18. The van der Waals surface area contributed by atoms with Crippen LogP contribution < -0.4 is 0 Å². The summed E-state index contributed by atoms with van der Waals surface area (Å²) in [6, 6.07) is 2.85. The molecule has 1 rings (SSSR count). The predicted molar refractivity (Wildman–Crippen MR) is 58.3 cm³/mol. The maximum absolute atomic E-state index is 10.9. The second-order valence-corrected chi connectivity index (χ2v) is 3.24. The SMILES string of the molecule is C=CCc1c(O)ccc(C(=O)O)c1CC. The van der Waals surface area contributed by atoms with E-state index in [0.29, 0.717) is 24.0 Å². The lowest BCUT2D eigenvalue weighted by Gasteiger charge is -2.11. The van der Waals surface area contributed by atoms with Gasteiger partial charge in [0.25, 0.3) is 0 Å². The zero-order valence-corrected chi connectivity index (χ0v) is 8.66. The number of carbonyl (C=O) groups is 1. The molecule has 0 bridgehead atoms. The van der Waals surface area contributed by atoms with E-state index in [1.807, 2.05) is 6.92 Å². The zero-order chi connectivity index (χ0) is 11.4. The van der Waals surface area contributed by atoms with Crippen molar-refractivity contribution in [3.63, 3.8) is 0 Å². The molecular formula is C12H14O3. The van der Waals surface area contributed by atoms with E-state index in [9.17, 15) is 9.90 Å². The van der Waals surface area contributed by atoms with E-state index in [4.69, 9.17) is 5.11 Å². The standard InChI is InChI=1S/C12H14O3/c1-3-5-9-8(4-2)10(12(14)15)6-7-11(9)13/h3,6-7,13H,1,4-5H2,2H3,(H,14,15). The molecule has 0 spiro atoms. The number of aromatic carboxylic acids is 1. The van der Waals surface area contributed by atoms with Crippen LogP contribution in [0.15, 0.2) is 24.8 Å². The average Bonchev–Trinajstić information content (AvgIpc) is 2.20. The molecular weight excluding hydrogens is 192 g/mol. The molecule has 0 fully saturated rings. The fourth-order valence-electron chi connectivity index (χ4n) is 1.66. The molecule has 0 aliphatic heterocycles. The lowest BCUT2D eigenvalue weighted by molar-refractivity contribution is 0.0695. The Morgan fingerprint density at radius 2 is 2.13 bits per heavy atom. The highest BCUT2D eigenvalue weighted by atomic mass is 16.4. The third-order valence-electron chi connectivity index (χ3n) is 2.34. The Morgan fingerprint density at radius 1 is 1.47 bits per heavy atom. The number of hydrogen-bond acceptors (Lipinski definition) is 2. The molecule has 0 atom stereocenters. The monoisotopic (exact) mass is 206 g/mol. The molecule has 0 heterocycles. The van der Waals surface area contributed by atoms with Crippen LogP contribution in [0.5, 0.6) is 5.75 Å². The Hall–Kier alpha value is -1.77. The second-order valence-electron chi connectivity index (χ2n) is 3.24. The number of carboxylic acids is 1. The normalized spacial score (nSPS) is 9.93. The minimum absolute atomic E-state index is 0.136. The summed E-state index contributed by atoms with van der Waals surface area (Å²) >= 11 is 0. The summed E-state index contributed by atoms with van der Waals surface area (Å²) in [4.78, 5) is 10.9. The molecule has 0 saturated carbocycles. The van der Waals surface area contributed by atoms with E-state index in [2.05, 4.69) is 6.58 Å². The van der Waals surface area contributed by atoms with Gasteiger partial charge in [0.1, 0.15) is 5.75 Å². The summed E-state index contributed by atoms with van der Waals surface area (Å²) in [5.41, 5.74) is 1.60. The molecule has 3 heteroatoms. The van der Waals surface area contributed by atoms with E-state index in [1.54, 1.807) is 6.08 Å². The number of hydrogen-bond donors (Lipinski definition) is 2. The number of phenolic OH excluding ortho intramolecular Hbond substituents is 1. The first-order chi connectivity index (χ1) is 7.11. The lowest BCUT2D eigenvalue weighted by Crippen LogP contribution is -2.05. The van der Waals surface area contributed by atoms with Gasteiger partial charge in [0.15, 0.2) is 0 Å². The summed E-state index contributed by atoms with van der Waals surface area (Å²) in [6.45, 7) is 5.46. The Kier molecular flexibility index (Phi) is 3.50. The maximum Gasteiger partial charge on any atom is 0.335 e. The van der Waals surface area contributed by atoms with Crippen LogP contribution in [-0.2, 0) is 12.8 Å². The first-order valence-corrected chi connectivity index (χ1v) is 4.79. The van der Waals surface area contributed by atoms with Gasteiger partial charge < -0.3 is 10.2 Å². The molecule has 0 amide bonds. The predicted octanol–water partition coefficient (Wildman–Crippen LogP) is 2.38. The van der Waals surface area contributed by atoms with Crippen LogP contribution >= 0.6 is 0 Å². The van der Waals surface area contributed by atoms with Crippen molar-refractivity contribution in [3.05, 3.63) is 41.5 Å². The van der Waals surface area contributed by atoms with Crippen molar-refractivity contribution in [1.29, 1.82) is 0 Å². The van der Waals surface area contributed by atoms with E-state index in [-0.39, 0.29) is 11.3 Å². The van der Waals surface area contributed by atoms with Crippen molar-refractivity contribution in [3.8, 4) is 5.75 Å². The van der Waals surface area contributed by atoms with Gasteiger partial charge in [-0.3, -0.25) is 0 Å². The number of rotatable bonds is 4. The van der Waals surface area contributed by atoms with Crippen molar-refractivity contribution in [2.24, 2.45) is 0 Å². The van der Waals surface area contributed by atoms with Gasteiger partial charge in [0.05, 0.1) is 5.56 Å². The maximum atomic E-state index is 10.9. The average molecular weight is 206 g/mol. The summed E-state index contributed by atoms with van der Waals surface area (Å²) in [5.74, 6) is -0.825. The highest BCUT2D eigenvalue weighted by molar-refractivity contribution is 5.90. The van der Waals surface area contributed by atoms with Gasteiger partial charge >= 0.3 is 5.97 Å². The highest BCUT2D eigenvalue weighted by Gasteiger charge is 2.14. The highest BCUT2D eigenvalue weighted by Crippen LogP contribution is 2.26. The van der Waals surface area contributed by atoms with Gasteiger partial charge in [0.2, 0.25) is 0 Å². The molecule has 1 aromatic carbocycles. The van der Waals surface area contributed by atoms with Crippen molar-refractivity contribution >= 4 is 5.97 Å².